The van der Waals surface area contributed by atoms with Gasteiger partial charge in [-0.1, -0.05) is 34.6 Å². The van der Waals surface area contributed by atoms with Crippen molar-refractivity contribution in [2.75, 3.05) is 14.2 Å². The van der Waals surface area contributed by atoms with E-state index in [1.165, 1.54) is 7.05 Å². The van der Waals surface area contributed by atoms with E-state index in [0.29, 0.717) is 6.42 Å². The maximum Gasteiger partial charge on any atom is 0.335 e. The highest BCUT2D eigenvalue weighted by Gasteiger charge is 2.38. The van der Waals surface area contributed by atoms with E-state index in [0.717, 1.165) is 7.11 Å². The van der Waals surface area contributed by atoms with E-state index < -0.39 is 35.4 Å². The molecule has 0 rings (SSSR count). The number of aliphatic hydroxyl groups is 1. The Bertz CT molecular complexity index is 429. The molecule has 0 fully saturated rings. The number of ether oxygens (including phenoxy) is 1. The number of aliphatic hydroxyl groups excluding tert-OH is 1. The van der Waals surface area contributed by atoms with Crippen molar-refractivity contribution in [2.24, 2.45) is 17.3 Å². The quantitative estimate of drug-likeness (QED) is 0.588. The normalized spacial score (nSPS) is 15.5. The summed E-state index contributed by atoms with van der Waals surface area (Å²) < 4.78 is 4.52. The lowest BCUT2D eigenvalue weighted by Gasteiger charge is -2.32. The minimum atomic E-state index is -1.56. The van der Waals surface area contributed by atoms with Crippen LogP contribution < -0.4 is 10.6 Å². The molecule has 134 valence electrons. The SMILES string of the molecule is CNC(=O)[C@@H](NC(=O)[C@H](CC(C)C)[C@H](O)C(=O)OC)C(C)(C)C. The molecule has 0 heterocycles. The molecule has 0 radical (unpaired) electrons. The Hall–Kier alpha value is -1.63. The number of esters is 1. The second kappa shape index (κ2) is 8.86. The van der Waals surface area contributed by atoms with Gasteiger partial charge in [0.15, 0.2) is 6.10 Å². The van der Waals surface area contributed by atoms with E-state index >= 15 is 0 Å². The summed E-state index contributed by atoms with van der Waals surface area (Å²) in [6.07, 6.45) is -1.26. The lowest BCUT2D eigenvalue weighted by Crippen LogP contribution is -2.55. The summed E-state index contributed by atoms with van der Waals surface area (Å²) in [5, 5.41) is 15.2. The van der Waals surface area contributed by atoms with Crippen LogP contribution in [-0.4, -0.2) is 49.2 Å². The van der Waals surface area contributed by atoms with Gasteiger partial charge >= 0.3 is 5.97 Å². The average molecular weight is 330 g/mol. The second-order valence-corrected chi connectivity index (χ2v) is 7.13. The van der Waals surface area contributed by atoms with Crippen molar-refractivity contribution >= 4 is 17.8 Å². The number of hydrogen-bond acceptors (Lipinski definition) is 5. The number of carbonyl (C=O) groups excluding carboxylic acids is 3. The Morgan fingerprint density at radius 2 is 1.65 bits per heavy atom. The van der Waals surface area contributed by atoms with Gasteiger partial charge in [-0.25, -0.2) is 4.79 Å². The molecule has 7 nitrogen and oxygen atoms in total. The van der Waals surface area contributed by atoms with Gasteiger partial charge in [0.1, 0.15) is 6.04 Å². The Morgan fingerprint density at radius 3 is 2.00 bits per heavy atom. The van der Waals surface area contributed by atoms with Crippen molar-refractivity contribution in [3.8, 4) is 0 Å². The lowest BCUT2D eigenvalue weighted by atomic mass is 9.84. The van der Waals surface area contributed by atoms with E-state index in [9.17, 15) is 19.5 Å². The van der Waals surface area contributed by atoms with Gasteiger partial charge in [0.25, 0.3) is 0 Å². The van der Waals surface area contributed by atoms with Crippen LogP contribution in [0, 0.1) is 17.3 Å². The zero-order chi connectivity index (χ0) is 18.4. The molecule has 0 aliphatic carbocycles. The highest BCUT2D eigenvalue weighted by molar-refractivity contribution is 5.91. The first-order valence-corrected chi connectivity index (χ1v) is 7.73. The van der Waals surface area contributed by atoms with Gasteiger partial charge in [-0.2, -0.15) is 0 Å². The molecule has 0 aliphatic heterocycles. The minimum Gasteiger partial charge on any atom is -0.467 e. The average Bonchev–Trinajstić information content (AvgIpc) is 2.46. The topological polar surface area (TPSA) is 105 Å². The van der Waals surface area contributed by atoms with Crippen LogP contribution in [0.4, 0.5) is 0 Å². The van der Waals surface area contributed by atoms with E-state index in [2.05, 4.69) is 15.4 Å². The number of amides is 2. The molecule has 7 heteroatoms. The third-order valence-corrected chi connectivity index (χ3v) is 3.55. The fourth-order valence-electron chi connectivity index (χ4n) is 2.24. The molecule has 0 saturated heterocycles. The third-order valence-electron chi connectivity index (χ3n) is 3.55. The van der Waals surface area contributed by atoms with Crippen LogP contribution in [0.5, 0.6) is 0 Å². The first-order valence-electron chi connectivity index (χ1n) is 7.73. The summed E-state index contributed by atoms with van der Waals surface area (Å²) >= 11 is 0. The molecule has 23 heavy (non-hydrogen) atoms. The van der Waals surface area contributed by atoms with E-state index in [-0.39, 0.29) is 11.8 Å². The van der Waals surface area contributed by atoms with Crippen LogP contribution in [0.15, 0.2) is 0 Å². The predicted octanol–water partition coefficient (Wildman–Crippen LogP) is 0.460. The lowest BCUT2D eigenvalue weighted by molar-refractivity contribution is -0.157. The standard InChI is InChI=1S/C16H30N2O5/c1-9(2)8-10(11(19)15(22)23-7)13(20)18-12(14(21)17-6)16(3,4)5/h9-12,19H,8H2,1-7H3,(H,17,21)(H,18,20)/t10-,11+,12-/m1/s1. The smallest absolute Gasteiger partial charge is 0.335 e. The van der Waals surface area contributed by atoms with Crippen LogP contribution in [0.2, 0.25) is 0 Å². The summed E-state index contributed by atoms with van der Waals surface area (Å²) in [4.78, 5) is 36.2. The van der Waals surface area contributed by atoms with E-state index in [1.54, 1.807) is 0 Å². The van der Waals surface area contributed by atoms with Crippen molar-refractivity contribution in [2.45, 2.75) is 53.2 Å². The van der Waals surface area contributed by atoms with Gasteiger partial charge in [-0.15, -0.1) is 0 Å². The van der Waals surface area contributed by atoms with E-state index in [4.69, 9.17) is 0 Å². The predicted molar refractivity (Wildman–Crippen MR) is 86.4 cm³/mol. The molecule has 0 aromatic rings. The van der Waals surface area contributed by atoms with Crippen LogP contribution >= 0.6 is 0 Å². The molecule has 2 amide bonds. The van der Waals surface area contributed by atoms with Crippen molar-refractivity contribution < 1.29 is 24.2 Å². The number of hydrogen-bond donors (Lipinski definition) is 3. The van der Waals surface area contributed by atoms with Crippen LogP contribution in [0.3, 0.4) is 0 Å². The number of carbonyl (C=O) groups is 3. The summed E-state index contributed by atoms with van der Waals surface area (Å²) in [6.45, 7) is 9.22. The van der Waals surface area contributed by atoms with Gasteiger partial charge in [0, 0.05) is 7.05 Å². The van der Waals surface area contributed by atoms with Gasteiger partial charge in [-0.3, -0.25) is 9.59 Å². The molecule has 3 atom stereocenters. The van der Waals surface area contributed by atoms with E-state index in [1.807, 2.05) is 34.6 Å². The number of methoxy groups -OCH3 is 1. The molecule has 0 bridgehead atoms. The Morgan fingerprint density at radius 1 is 1.13 bits per heavy atom. The van der Waals surface area contributed by atoms with Crippen molar-refractivity contribution in [1.29, 1.82) is 0 Å². The zero-order valence-electron chi connectivity index (χ0n) is 15.1. The minimum absolute atomic E-state index is 0.0816. The molecule has 0 aliphatic rings. The Kier molecular flexibility index (Phi) is 8.23. The zero-order valence-corrected chi connectivity index (χ0v) is 15.1. The maximum absolute atomic E-state index is 12.6. The molecule has 0 unspecified atom stereocenters. The Balaban J connectivity index is 5.35. The number of likely N-dealkylation sites (N-methyl/N-ethyl adjacent to an activating group) is 1. The fourth-order valence-corrected chi connectivity index (χ4v) is 2.24. The van der Waals surface area contributed by atoms with Crippen molar-refractivity contribution in [3.05, 3.63) is 0 Å². The summed E-state index contributed by atoms with van der Waals surface area (Å²) in [5.74, 6) is -2.63. The summed E-state index contributed by atoms with van der Waals surface area (Å²) in [6, 6.07) is -0.778. The highest BCUT2D eigenvalue weighted by Crippen LogP contribution is 2.22. The molecule has 0 saturated carbocycles. The molecule has 0 aromatic heterocycles. The summed E-state index contributed by atoms with van der Waals surface area (Å²) in [7, 11) is 2.64. The largest absolute Gasteiger partial charge is 0.467 e. The third kappa shape index (κ3) is 6.56. The van der Waals surface area contributed by atoms with Gasteiger partial charge < -0.3 is 20.5 Å². The van der Waals surface area contributed by atoms with Crippen molar-refractivity contribution in [1.82, 2.24) is 10.6 Å². The summed E-state index contributed by atoms with van der Waals surface area (Å²) in [5.41, 5.74) is -0.519. The monoisotopic (exact) mass is 330 g/mol. The molecule has 0 spiro atoms. The maximum atomic E-state index is 12.6. The molecule has 0 aromatic carbocycles. The van der Waals surface area contributed by atoms with Crippen LogP contribution in [-0.2, 0) is 19.1 Å². The van der Waals surface area contributed by atoms with Crippen LogP contribution in [0.1, 0.15) is 41.0 Å². The first-order chi connectivity index (χ1) is 10.4. The molecular weight excluding hydrogens is 300 g/mol. The number of rotatable bonds is 7. The fraction of sp³-hybridized carbons (Fsp3) is 0.812. The van der Waals surface area contributed by atoms with Crippen LogP contribution in [0.25, 0.3) is 0 Å². The van der Waals surface area contributed by atoms with Gasteiger partial charge in [-0.05, 0) is 17.8 Å². The molecular formula is C16H30N2O5. The number of nitrogens with one attached hydrogen (secondary N) is 2. The van der Waals surface area contributed by atoms with Crippen molar-refractivity contribution in [3.63, 3.8) is 0 Å². The van der Waals surface area contributed by atoms with Gasteiger partial charge in [0.05, 0.1) is 13.0 Å². The highest BCUT2D eigenvalue weighted by atomic mass is 16.5. The second-order valence-electron chi connectivity index (χ2n) is 7.13. The molecule has 3 N–H and O–H groups in total. The first kappa shape index (κ1) is 21.4. The Labute approximate surface area is 138 Å². The van der Waals surface area contributed by atoms with Gasteiger partial charge in [0.2, 0.25) is 11.8 Å².